The molecule has 2 amide bonds. The molecule has 2 bridgehead atoms. The van der Waals surface area contributed by atoms with Gasteiger partial charge in [-0.2, -0.15) is 0 Å². The molecule has 0 unspecified atom stereocenters. The normalized spacial score (nSPS) is 25.3. The van der Waals surface area contributed by atoms with Crippen molar-refractivity contribution in [3.63, 3.8) is 0 Å². The zero-order valence-corrected chi connectivity index (χ0v) is 13.3. The van der Waals surface area contributed by atoms with Crippen molar-refractivity contribution >= 4 is 11.8 Å². The van der Waals surface area contributed by atoms with E-state index in [1.165, 1.54) is 37.8 Å². The predicted octanol–water partition coefficient (Wildman–Crippen LogP) is 2.06. The van der Waals surface area contributed by atoms with Crippen molar-refractivity contribution in [3.05, 3.63) is 29.8 Å². The molecule has 0 saturated heterocycles. The van der Waals surface area contributed by atoms with Gasteiger partial charge in [-0.25, -0.2) is 0 Å². The smallest absolute Gasteiger partial charge is 0.251 e. The summed E-state index contributed by atoms with van der Waals surface area (Å²) in [4.78, 5) is 23.7. The van der Waals surface area contributed by atoms with E-state index in [9.17, 15) is 14.7 Å². The number of fused-ring (bicyclic) bond motifs is 2. The van der Waals surface area contributed by atoms with Gasteiger partial charge in [0.25, 0.3) is 5.91 Å². The third-order valence-electron chi connectivity index (χ3n) is 5.24. The second kappa shape index (κ2) is 7.02. The Hall–Kier alpha value is -2.04. The SMILES string of the molecule is O=C(CNC(=O)c1cccc(O)c1)NCC[C@H]1C[C@H]2CC[C@H]1C2. The highest BCUT2D eigenvalue weighted by Gasteiger charge is 2.38. The van der Waals surface area contributed by atoms with E-state index < -0.39 is 0 Å². The Morgan fingerprint density at radius 1 is 1.17 bits per heavy atom. The van der Waals surface area contributed by atoms with E-state index in [2.05, 4.69) is 10.6 Å². The van der Waals surface area contributed by atoms with Crippen LogP contribution in [0.15, 0.2) is 24.3 Å². The first kappa shape index (κ1) is 15.8. The first-order valence-corrected chi connectivity index (χ1v) is 8.45. The molecule has 3 N–H and O–H groups in total. The van der Waals surface area contributed by atoms with Gasteiger partial charge in [-0.05, 0) is 61.6 Å². The number of carbonyl (C=O) groups is 2. The highest BCUT2D eigenvalue weighted by atomic mass is 16.3. The number of carbonyl (C=O) groups excluding carboxylic acids is 2. The van der Waals surface area contributed by atoms with Crippen LogP contribution in [0.3, 0.4) is 0 Å². The number of benzene rings is 1. The zero-order chi connectivity index (χ0) is 16.2. The molecule has 2 aliphatic rings. The van der Waals surface area contributed by atoms with E-state index in [0.29, 0.717) is 12.1 Å². The van der Waals surface area contributed by atoms with Crippen molar-refractivity contribution in [2.24, 2.45) is 17.8 Å². The fourth-order valence-corrected chi connectivity index (χ4v) is 4.10. The Morgan fingerprint density at radius 3 is 2.74 bits per heavy atom. The minimum atomic E-state index is -0.357. The minimum absolute atomic E-state index is 0.0352. The van der Waals surface area contributed by atoms with Crippen LogP contribution in [0.4, 0.5) is 0 Å². The van der Waals surface area contributed by atoms with Gasteiger partial charge in [0.1, 0.15) is 5.75 Å². The van der Waals surface area contributed by atoms with Crippen LogP contribution in [-0.4, -0.2) is 30.0 Å². The number of rotatable bonds is 6. The molecule has 0 aliphatic heterocycles. The molecule has 5 nitrogen and oxygen atoms in total. The molecular weight excluding hydrogens is 292 g/mol. The van der Waals surface area contributed by atoms with Crippen molar-refractivity contribution in [1.29, 1.82) is 0 Å². The fourth-order valence-electron chi connectivity index (χ4n) is 4.10. The number of hydrogen-bond donors (Lipinski definition) is 3. The van der Waals surface area contributed by atoms with E-state index in [1.807, 2.05) is 0 Å². The summed E-state index contributed by atoms with van der Waals surface area (Å²) in [5.41, 5.74) is 0.347. The number of aromatic hydroxyl groups is 1. The second-order valence-electron chi connectivity index (χ2n) is 6.81. The second-order valence-corrected chi connectivity index (χ2v) is 6.81. The van der Waals surface area contributed by atoms with Crippen molar-refractivity contribution in [2.45, 2.75) is 32.1 Å². The summed E-state index contributed by atoms with van der Waals surface area (Å²) in [5, 5.41) is 14.8. The van der Waals surface area contributed by atoms with Gasteiger partial charge in [-0.1, -0.05) is 12.5 Å². The van der Waals surface area contributed by atoms with E-state index >= 15 is 0 Å². The van der Waals surface area contributed by atoms with Crippen molar-refractivity contribution < 1.29 is 14.7 Å². The lowest BCUT2D eigenvalue weighted by Crippen LogP contribution is -2.37. The molecule has 1 aromatic rings. The molecule has 2 aliphatic carbocycles. The molecule has 0 radical (unpaired) electrons. The van der Waals surface area contributed by atoms with Crippen LogP contribution in [0.5, 0.6) is 5.75 Å². The molecule has 3 rings (SSSR count). The molecule has 124 valence electrons. The Bertz CT molecular complexity index is 587. The van der Waals surface area contributed by atoms with Crippen molar-refractivity contribution in [3.8, 4) is 5.75 Å². The van der Waals surface area contributed by atoms with Gasteiger partial charge < -0.3 is 15.7 Å². The van der Waals surface area contributed by atoms with E-state index in [1.54, 1.807) is 12.1 Å². The highest BCUT2D eigenvalue weighted by molar-refractivity contribution is 5.96. The Labute approximate surface area is 136 Å². The lowest BCUT2D eigenvalue weighted by atomic mass is 9.86. The summed E-state index contributed by atoms with van der Waals surface area (Å²) in [7, 11) is 0. The summed E-state index contributed by atoms with van der Waals surface area (Å²) >= 11 is 0. The lowest BCUT2D eigenvalue weighted by molar-refractivity contribution is -0.120. The van der Waals surface area contributed by atoms with Gasteiger partial charge in [0, 0.05) is 12.1 Å². The first-order chi connectivity index (χ1) is 11.1. The molecule has 0 spiro atoms. The monoisotopic (exact) mass is 316 g/mol. The number of phenolic OH excluding ortho intramolecular Hbond substituents is 1. The molecular formula is C18H24N2O3. The maximum atomic E-state index is 11.9. The standard InChI is InChI=1S/C18H24N2O3/c21-16-3-1-2-15(10-16)18(23)20-11-17(22)19-7-6-14-9-12-4-5-13(14)8-12/h1-3,10,12-14,21H,4-9,11H2,(H,19,22)(H,20,23)/t12-,13-,14-/m0/s1. The van der Waals surface area contributed by atoms with Gasteiger partial charge in [0.2, 0.25) is 5.91 Å². The van der Waals surface area contributed by atoms with E-state index in [-0.39, 0.29) is 24.1 Å². The van der Waals surface area contributed by atoms with Gasteiger partial charge >= 0.3 is 0 Å². The summed E-state index contributed by atoms with van der Waals surface area (Å²) < 4.78 is 0. The number of amides is 2. The lowest BCUT2D eigenvalue weighted by Gasteiger charge is -2.21. The summed E-state index contributed by atoms with van der Waals surface area (Å²) in [6.07, 6.45) is 6.53. The van der Waals surface area contributed by atoms with Crippen molar-refractivity contribution in [1.82, 2.24) is 10.6 Å². The van der Waals surface area contributed by atoms with Crippen LogP contribution in [0.25, 0.3) is 0 Å². The van der Waals surface area contributed by atoms with Crippen LogP contribution >= 0.6 is 0 Å². The number of hydrogen-bond acceptors (Lipinski definition) is 3. The zero-order valence-electron chi connectivity index (χ0n) is 13.3. The van der Waals surface area contributed by atoms with Crippen LogP contribution in [0.2, 0.25) is 0 Å². The number of phenols is 1. The average molecular weight is 316 g/mol. The molecule has 3 atom stereocenters. The van der Waals surface area contributed by atoms with E-state index in [4.69, 9.17) is 0 Å². The van der Waals surface area contributed by atoms with Crippen LogP contribution in [-0.2, 0) is 4.79 Å². The molecule has 0 heterocycles. The quantitative estimate of drug-likeness (QED) is 0.752. The number of nitrogens with one attached hydrogen (secondary N) is 2. The molecule has 2 fully saturated rings. The van der Waals surface area contributed by atoms with Crippen molar-refractivity contribution in [2.75, 3.05) is 13.1 Å². The Kier molecular flexibility index (Phi) is 4.84. The van der Waals surface area contributed by atoms with Crippen LogP contribution in [0, 0.1) is 17.8 Å². The maximum Gasteiger partial charge on any atom is 0.251 e. The largest absolute Gasteiger partial charge is 0.508 e. The van der Waals surface area contributed by atoms with Gasteiger partial charge in [0.15, 0.2) is 0 Å². The maximum absolute atomic E-state index is 11.9. The predicted molar refractivity (Wildman–Crippen MR) is 87.0 cm³/mol. The Balaban J connectivity index is 1.34. The molecule has 0 aromatic heterocycles. The van der Waals surface area contributed by atoms with Gasteiger partial charge in [0.05, 0.1) is 6.54 Å². The third-order valence-corrected chi connectivity index (χ3v) is 5.24. The first-order valence-electron chi connectivity index (χ1n) is 8.45. The summed E-state index contributed by atoms with van der Waals surface area (Å²) in [6.45, 7) is 0.653. The Morgan fingerprint density at radius 2 is 2.04 bits per heavy atom. The minimum Gasteiger partial charge on any atom is -0.508 e. The van der Waals surface area contributed by atoms with Gasteiger partial charge in [-0.3, -0.25) is 9.59 Å². The summed E-state index contributed by atoms with van der Waals surface area (Å²) in [6, 6.07) is 6.07. The fraction of sp³-hybridized carbons (Fsp3) is 0.556. The van der Waals surface area contributed by atoms with E-state index in [0.717, 1.165) is 24.2 Å². The van der Waals surface area contributed by atoms with Crippen LogP contribution in [0.1, 0.15) is 42.5 Å². The average Bonchev–Trinajstić information content (AvgIpc) is 3.15. The third kappa shape index (κ3) is 4.03. The molecule has 1 aromatic carbocycles. The molecule has 23 heavy (non-hydrogen) atoms. The summed E-state index contributed by atoms with van der Waals surface area (Å²) in [5.74, 6) is 2.10. The van der Waals surface area contributed by atoms with Gasteiger partial charge in [-0.15, -0.1) is 0 Å². The highest BCUT2D eigenvalue weighted by Crippen LogP contribution is 2.49. The topological polar surface area (TPSA) is 78.4 Å². The van der Waals surface area contributed by atoms with Crippen LogP contribution < -0.4 is 10.6 Å². The molecule has 2 saturated carbocycles. The molecule has 5 heteroatoms.